The number of benzene rings is 1. The Morgan fingerprint density at radius 1 is 0.974 bits per heavy atom. The fourth-order valence-electron chi connectivity index (χ4n) is 6.42. The quantitative estimate of drug-likeness (QED) is 0.505. The van der Waals surface area contributed by atoms with Gasteiger partial charge in [0.15, 0.2) is 5.79 Å². The molecule has 1 aliphatic heterocycles. The van der Waals surface area contributed by atoms with Crippen molar-refractivity contribution in [3.8, 4) is 0 Å². The molecule has 7 heteroatoms. The number of hydrogen-bond acceptors (Lipinski definition) is 5. The second kappa shape index (κ2) is 11.8. The predicted octanol–water partition coefficient (Wildman–Crippen LogP) is 5.84. The zero-order chi connectivity index (χ0) is 27.5. The maximum atomic E-state index is 14.7. The summed E-state index contributed by atoms with van der Waals surface area (Å²) in [5, 5.41) is 3.30. The van der Waals surface area contributed by atoms with Gasteiger partial charge in [0, 0.05) is 36.1 Å². The lowest BCUT2D eigenvalue weighted by Gasteiger charge is -2.42. The van der Waals surface area contributed by atoms with E-state index in [4.69, 9.17) is 9.47 Å². The molecule has 1 spiro atoms. The molecule has 5 rings (SSSR count). The van der Waals surface area contributed by atoms with Crippen LogP contribution in [-0.4, -0.2) is 41.8 Å². The van der Waals surface area contributed by atoms with E-state index in [0.29, 0.717) is 37.3 Å². The summed E-state index contributed by atoms with van der Waals surface area (Å²) < 4.78 is 12.3. The van der Waals surface area contributed by atoms with E-state index >= 15 is 0 Å². The third-order valence-electron chi connectivity index (χ3n) is 8.58. The van der Waals surface area contributed by atoms with E-state index in [1.807, 2.05) is 24.3 Å². The van der Waals surface area contributed by atoms with Gasteiger partial charge in [-0.1, -0.05) is 64.7 Å². The van der Waals surface area contributed by atoms with Gasteiger partial charge >= 0.3 is 0 Å². The van der Waals surface area contributed by atoms with Crippen LogP contribution in [0.2, 0.25) is 0 Å². The number of rotatable bonds is 6. The summed E-state index contributed by atoms with van der Waals surface area (Å²) in [6, 6.07) is 11.1. The summed E-state index contributed by atoms with van der Waals surface area (Å²) in [7, 11) is 0. The van der Waals surface area contributed by atoms with Crippen LogP contribution in [0.4, 0.5) is 5.69 Å². The van der Waals surface area contributed by atoms with Crippen molar-refractivity contribution >= 4 is 17.5 Å². The minimum atomic E-state index is -0.918. The van der Waals surface area contributed by atoms with E-state index in [0.717, 1.165) is 38.5 Å². The first-order valence-corrected chi connectivity index (χ1v) is 14.7. The Bertz CT molecular complexity index is 1120. The first-order valence-electron chi connectivity index (χ1n) is 14.7. The molecule has 2 heterocycles. The van der Waals surface area contributed by atoms with Gasteiger partial charge in [-0.2, -0.15) is 0 Å². The Kier molecular flexibility index (Phi) is 8.38. The second-order valence-electron chi connectivity index (χ2n) is 12.3. The van der Waals surface area contributed by atoms with Crippen LogP contribution in [0.15, 0.2) is 48.8 Å². The monoisotopic (exact) mass is 533 g/mol. The Hall–Kier alpha value is -2.77. The van der Waals surface area contributed by atoms with Crippen molar-refractivity contribution in [3.63, 3.8) is 0 Å². The number of hydrogen-bond donors (Lipinski definition) is 1. The highest BCUT2D eigenvalue weighted by Gasteiger charge is 2.52. The molecule has 3 aliphatic rings. The molecule has 2 amide bonds. The third kappa shape index (κ3) is 6.04. The summed E-state index contributed by atoms with van der Waals surface area (Å²) in [6.07, 6.45) is 12.0. The highest BCUT2D eigenvalue weighted by molar-refractivity contribution is 6.02. The van der Waals surface area contributed by atoms with Gasteiger partial charge in [-0.3, -0.25) is 19.5 Å². The van der Waals surface area contributed by atoms with Crippen LogP contribution >= 0.6 is 0 Å². The number of carbonyl (C=O) groups excluding carboxylic acids is 2. The van der Waals surface area contributed by atoms with Gasteiger partial charge in [-0.15, -0.1) is 0 Å². The minimum absolute atomic E-state index is 0.0343. The zero-order valence-corrected chi connectivity index (χ0v) is 23.7. The van der Waals surface area contributed by atoms with Gasteiger partial charge in [0.1, 0.15) is 6.04 Å². The topological polar surface area (TPSA) is 80.8 Å². The van der Waals surface area contributed by atoms with Gasteiger partial charge in [0.05, 0.1) is 19.1 Å². The van der Waals surface area contributed by atoms with Gasteiger partial charge in [-0.25, -0.2) is 0 Å². The third-order valence-corrected chi connectivity index (χ3v) is 8.58. The number of nitrogens with one attached hydrogen (secondary N) is 1. The molecule has 2 aromatic rings. The molecule has 3 fully saturated rings. The van der Waals surface area contributed by atoms with Crippen molar-refractivity contribution < 1.29 is 19.1 Å². The Labute approximate surface area is 232 Å². The first-order chi connectivity index (χ1) is 18.8. The number of amides is 2. The number of pyridine rings is 1. The standard InChI is InChI=1S/C32H43N3O4/c1-31(2,3)24-14-16-26(17-15-24)35(30(37)27-13-7-8-18-32(27)38-20-21-39-32)28(23-10-9-19-33-22-23)29(36)34-25-11-5-4-6-12-25/h9-10,14-17,19,22,25,27-28H,4-8,11-13,18,20-21H2,1-3H3,(H,34,36). The Morgan fingerprint density at radius 3 is 2.31 bits per heavy atom. The molecule has 39 heavy (non-hydrogen) atoms. The lowest BCUT2D eigenvalue weighted by Crippen LogP contribution is -2.54. The van der Waals surface area contributed by atoms with Crippen molar-refractivity contribution in [2.24, 2.45) is 5.92 Å². The minimum Gasteiger partial charge on any atom is -0.351 e. The number of anilines is 1. The zero-order valence-electron chi connectivity index (χ0n) is 23.7. The highest BCUT2D eigenvalue weighted by Crippen LogP contribution is 2.43. The Morgan fingerprint density at radius 2 is 1.67 bits per heavy atom. The molecule has 2 unspecified atom stereocenters. The van der Waals surface area contributed by atoms with Crippen LogP contribution in [0.1, 0.15) is 95.7 Å². The molecule has 2 atom stereocenters. The summed E-state index contributed by atoms with van der Waals surface area (Å²) in [4.78, 5) is 34.9. The molecule has 1 aromatic carbocycles. The number of aromatic nitrogens is 1. The fourth-order valence-corrected chi connectivity index (χ4v) is 6.42. The molecule has 0 bridgehead atoms. The summed E-state index contributed by atoms with van der Waals surface area (Å²) >= 11 is 0. The summed E-state index contributed by atoms with van der Waals surface area (Å²) in [5.74, 6) is -1.70. The molecule has 1 N–H and O–H groups in total. The number of ether oxygens (including phenoxy) is 2. The van der Waals surface area contributed by atoms with Crippen LogP contribution < -0.4 is 10.2 Å². The van der Waals surface area contributed by atoms with Gasteiger partial charge < -0.3 is 14.8 Å². The molecular formula is C32H43N3O4. The van der Waals surface area contributed by atoms with E-state index in [1.54, 1.807) is 17.3 Å². The van der Waals surface area contributed by atoms with Gasteiger partial charge in [0.25, 0.3) is 0 Å². The predicted molar refractivity (Wildman–Crippen MR) is 151 cm³/mol. The van der Waals surface area contributed by atoms with Crippen LogP contribution in [0.5, 0.6) is 0 Å². The van der Waals surface area contributed by atoms with Crippen LogP contribution in [0.3, 0.4) is 0 Å². The first kappa shape index (κ1) is 27.8. The summed E-state index contributed by atoms with van der Waals surface area (Å²) in [5.41, 5.74) is 2.52. The molecule has 2 saturated carbocycles. The van der Waals surface area contributed by atoms with Crippen LogP contribution in [0, 0.1) is 5.92 Å². The van der Waals surface area contributed by atoms with Crippen molar-refractivity contribution in [1.82, 2.24) is 10.3 Å². The van der Waals surface area contributed by atoms with Crippen LogP contribution in [0.25, 0.3) is 0 Å². The van der Waals surface area contributed by atoms with Crippen molar-refractivity contribution in [3.05, 3.63) is 59.9 Å². The van der Waals surface area contributed by atoms with E-state index in [2.05, 4.69) is 43.2 Å². The number of carbonyl (C=O) groups is 2. The second-order valence-corrected chi connectivity index (χ2v) is 12.3. The molecule has 1 saturated heterocycles. The fraction of sp³-hybridized carbons (Fsp3) is 0.594. The smallest absolute Gasteiger partial charge is 0.248 e. The molecule has 1 aromatic heterocycles. The highest BCUT2D eigenvalue weighted by atomic mass is 16.7. The SMILES string of the molecule is CC(C)(C)c1ccc(N(C(=O)C2CCCCC23OCCO3)C(C(=O)NC2CCCCC2)c2cccnc2)cc1. The van der Waals surface area contributed by atoms with Crippen molar-refractivity contribution in [2.45, 2.75) is 102 Å². The Balaban J connectivity index is 1.58. The van der Waals surface area contributed by atoms with Crippen molar-refractivity contribution in [1.29, 1.82) is 0 Å². The number of nitrogens with zero attached hydrogens (tertiary/aromatic N) is 2. The van der Waals surface area contributed by atoms with E-state index in [1.165, 1.54) is 12.0 Å². The van der Waals surface area contributed by atoms with Crippen LogP contribution in [-0.2, 0) is 24.5 Å². The van der Waals surface area contributed by atoms with Gasteiger partial charge in [0.2, 0.25) is 11.8 Å². The average Bonchev–Trinajstić information content (AvgIpc) is 3.40. The maximum absolute atomic E-state index is 14.7. The van der Waals surface area contributed by atoms with E-state index < -0.39 is 17.7 Å². The molecule has 2 aliphatic carbocycles. The molecule has 0 radical (unpaired) electrons. The van der Waals surface area contributed by atoms with E-state index in [-0.39, 0.29) is 23.3 Å². The maximum Gasteiger partial charge on any atom is 0.248 e. The largest absolute Gasteiger partial charge is 0.351 e. The van der Waals surface area contributed by atoms with Gasteiger partial charge in [-0.05, 0) is 54.9 Å². The molecular weight excluding hydrogens is 490 g/mol. The normalized spacial score (nSPS) is 22.4. The average molecular weight is 534 g/mol. The molecule has 210 valence electrons. The lowest BCUT2D eigenvalue weighted by atomic mass is 9.81. The lowest BCUT2D eigenvalue weighted by molar-refractivity contribution is -0.211. The van der Waals surface area contributed by atoms with E-state index in [9.17, 15) is 9.59 Å². The van der Waals surface area contributed by atoms with Crippen molar-refractivity contribution in [2.75, 3.05) is 18.1 Å². The summed E-state index contributed by atoms with van der Waals surface area (Å²) in [6.45, 7) is 7.47. The molecule has 7 nitrogen and oxygen atoms in total.